The fourth-order valence-electron chi connectivity index (χ4n) is 3.80. The number of carbonyl (C=O) groups excluding carboxylic acids is 1. The molecule has 2 aromatic heterocycles. The number of anilines is 1. The van der Waals surface area contributed by atoms with Crippen molar-refractivity contribution in [1.29, 1.82) is 0 Å². The zero-order valence-corrected chi connectivity index (χ0v) is 19.8. The molecule has 1 unspecified atom stereocenters. The number of aromatic nitrogens is 2. The van der Waals surface area contributed by atoms with Crippen molar-refractivity contribution in [2.75, 3.05) is 39.3 Å². The lowest BCUT2D eigenvalue weighted by Gasteiger charge is -2.43. The lowest BCUT2D eigenvalue weighted by Crippen LogP contribution is -2.57. The number of fused-ring (bicyclic) bond motifs is 1. The third-order valence-electron chi connectivity index (χ3n) is 5.40. The van der Waals surface area contributed by atoms with Gasteiger partial charge in [-0.05, 0) is 38.1 Å². The zero-order chi connectivity index (χ0) is 23.6. The van der Waals surface area contributed by atoms with Crippen molar-refractivity contribution in [3.63, 3.8) is 0 Å². The largest absolute Gasteiger partial charge is 0.493 e. The number of halogens is 1. The highest BCUT2D eigenvalue weighted by atomic mass is 35.5. The van der Waals surface area contributed by atoms with Crippen LogP contribution < -0.4 is 10.1 Å². The van der Waals surface area contributed by atoms with Crippen molar-refractivity contribution in [3.05, 3.63) is 46.7 Å². The Morgan fingerprint density at radius 3 is 2.88 bits per heavy atom. The summed E-state index contributed by atoms with van der Waals surface area (Å²) in [6, 6.07) is 6.95. The number of oxazole rings is 1. The van der Waals surface area contributed by atoms with E-state index in [2.05, 4.69) is 15.3 Å². The number of benzene rings is 1. The molecule has 1 atom stereocenters. The van der Waals surface area contributed by atoms with Gasteiger partial charge < -0.3 is 28.8 Å². The predicted octanol–water partition coefficient (Wildman–Crippen LogP) is 3.76. The fraction of sp³-hybridized carbons (Fsp3) is 0.435. The summed E-state index contributed by atoms with van der Waals surface area (Å²) in [4.78, 5) is 24.0. The minimum Gasteiger partial charge on any atom is -0.493 e. The second-order valence-corrected chi connectivity index (χ2v) is 8.91. The van der Waals surface area contributed by atoms with Crippen LogP contribution in [0.4, 0.5) is 6.01 Å². The van der Waals surface area contributed by atoms with Gasteiger partial charge in [0.1, 0.15) is 5.52 Å². The Balaban J connectivity index is 1.60. The molecule has 4 rings (SSSR count). The summed E-state index contributed by atoms with van der Waals surface area (Å²) in [5.74, 6) is 0.280. The molecule has 10 heteroatoms. The highest BCUT2D eigenvalue weighted by Gasteiger charge is 2.37. The van der Waals surface area contributed by atoms with E-state index in [4.69, 9.17) is 30.2 Å². The van der Waals surface area contributed by atoms with Gasteiger partial charge in [-0.15, -0.1) is 0 Å². The predicted molar refractivity (Wildman–Crippen MR) is 124 cm³/mol. The van der Waals surface area contributed by atoms with Crippen LogP contribution in [0.15, 0.2) is 34.9 Å². The van der Waals surface area contributed by atoms with E-state index in [1.165, 1.54) is 7.11 Å². The second kappa shape index (κ2) is 9.54. The Kier molecular flexibility index (Phi) is 6.73. The molecule has 0 bridgehead atoms. The molecule has 1 aliphatic rings. The molecule has 3 aromatic rings. The van der Waals surface area contributed by atoms with Crippen molar-refractivity contribution in [3.8, 4) is 5.75 Å². The highest BCUT2D eigenvalue weighted by Crippen LogP contribution is 2.32. The van der Waals surface area contributed by atoms with Crippen LogP contribution in [0.2, 0.25) is 5.02 Å². The van der Waals surface area contributed by atoms with Gasteiger partial charge in [-0.2, -0.15) is 4.98 Å². The summed E-state index contributed by atoms with van der Waals surface area (Å²) in [6.07, 6.45) is 1.64. The van der Waals surface area contributed by atoms with Crippen molar-refractivity contribution in [2.24, 2.45) is 0 Å². The third-order valence-corrected chi connectivity index (χ3v) is 5.64. The smallest absolute Gasteiger partial charge is 0.296 e. The Bertz CT molecular complexity index is 1150. The molecule has 3 heterocycles. The van der Waals surface area contributed by atoms with Crippen LogP contribution in [-0.4, -0.2) is 66.4 Å². The monoisotopic (exact) mass is 474 g/mol. The van der Waals surface area contributed by atoms with Gasteiger partial charge in [0.05, 0.1) is 44.2 Å². The molecule has 1 N–H and O–H groups in total. The molecule has 1 saturated heterocycles. The van der Waals surface area contributed by atoms with Crippen molar-refractivity contribution in [1.82, 2.24) is 14.9 Å². The normalized spacial score (nSPS) is 17.8. The molecule has 1 aromatic carbocycles. The summed E-state index contributed by atoms with van der Waals surface area (Å²) < 4.78 is 22.5. The van der Waals surface area contributed by atoms with Crippen LogP contribution in [0.25, 0.3) is 11.1 Å². The number of carbonyl (C=O) groups is 1. The number of amides is 1. The van der Waals surface area contributed by atoms with Gasteiger partial charge in [-0.25, -0.2) is 0 Å². The lowest BCUT2D eigenvalue weighted by atomic mass is 10.0. The van der Waals surface area contributed by atoms with Gasteiger partial charge in [-0.3, -0.25) is 9.78 Å². The molecule has 0 aliphatic carbocycles. The molecule has 1 aliphatic heterocycles. The average Bonchev–Trinajstić information content (AvgIpc) is 3.21. The van der Waals surface area contributed by atoms with Crippen LogP contribution >= 0.6 is 11.6 Å². The lowest BCUT2D eigenvalue weighted by molar-refractivity contribution is -0.113. The number of rotatable bonds is 7. The average molecular weight is 475 g/mol. The first-order chi connectivity index (χ1) is 15.8. The maximum Gasteiger partial charge on any atom is 0.296 e. The number of hydrogen-bond acceptors (Lipinski definition) is 8. The summed E-state index contributed by atoms with van der Waals surface area (Å²) in [6.45, 7) is 5.54. The van der Waals surface area contributed by atoms with E-state index in [0.717, 1.165) is 5.69 Å². The maximum absolute atomic E-state index is 13.5. The Morgan fingerprint density at radius 2 is 2.15 bits per heavy atom. The molecule has 0 radical (unpaired) electrons. The molecule has 1 amide bonds. The summed E-state index contributed by atoms with van der Waals surface area (Å²) in [5.41, 5.74) is 1.70. The van der Waals surface area contributed by atoms with Crippen LogP contribution in [0.1, 0.15) is 29.9 Å². The van der Waals surface area contributed by atoms with Gasteiger partial charge in [0.2, 0.25) is 0 Å². The van der Waals surface area contributed by atoms with Crippen LogP contribution in [-0.2, 0) is 16.0 Å². The minimum atomic E-state index is -0.451. The second-order valence-electron chi connectivity index (χ2n) is 8.48. The third kappa shape index (κ3) is 5.21. The topological polar surface area (TPSA) is 99.0 Å². The molecule has 0 spiro atoms. The van der Waals surface area contributed by atoms with Crippen molar-refractivity contribution in [2.45, 2.75) is 32.0 Å². The van der Waals surface area contributed by atoms with E-state index in [0.29, 0.717) is 59.8 Å². The van der Waals surface area contributed by atoms with Crippen LogP contribution in [0, 0.1) is 0 Å². The summed E-state index contributed by atoms with van der Waals surface area (Å²) in [7, 11) is 3.14. The number of morpholine rings is 1. The van der Waals surface area contributed by atoms with E-state index < -0.39 is 5.60 Å². The number of nitrogens with one attached hydrogen (secondary N) is 1. The van der Waals surface area contributed by atoms with Gasteiger partial charge >= 0.3 is 0 Å². The standard InChI is InChI=1S/C23H27ClN4O5/c1-23(2)13-28(17(11-30-3)12-32-23)21(29)14-7-18-20(19(8-14)31-4)33-22(27-18)26-10-16-9-15(24)5-6-25-16/h5-9,17H,10-13H2,1-4H3,(H,26,27). The van der Waals surface area contributed by atoms with E-state index in [9.17, 15) is 4.79 Å². The Morgan fingerprint density at radius 1 is 1.33 bits per heavy atom. The van der Waals surface area contributed by atoms with Crippen LogP contribution in [0.5, 0.6) is 5.75 Å². The van der Waals surface area contributed by atoms with E-state index in [1.807, 2.05) is 13.8 Å². The van der Waals surface area contributed by atoms with Gasteiger partial charge in [0.25, 0.3) is 11.9 Å². The molecule has 9 nitrogen and oxygen atoms in total. The summed E-state index contributed by atoms with van der Waals surface area (Å²) in [5, 5.41) is 3.69. The highest BCUT2D eigenvalue weighted by molar-refractivity contribution is 6.30. The summed E-state index contributed by atoms with van der Waals surface area (Å²) >= 11 is 6.01. The first kappa shape index (κ1) is 23.3. The molecular formula is C23H27ClN4O5. The molecule has 0 saturated carbocycles. The fourth-order valence-corrected chi connectivity index (χ4v) is 3.98. The maximum atomic E-state index is 13.5. The zero-order valence-electron chi connectivity index (χ0n) is 19.1. The number of pyridine rings is 1. The number of nitrogens with zero attached hydrogens (tertiary/aromatic N) is 3. The SMILES string of the molecule is COCC1COC(C)(C)CN1C(=O)c1cc(OC)c2oc(NCc3cc(Cl)ccn3)nc2c1. The quantitative estimate of drug-likeness (QED) is 0.552. The molecular weight excluding hydrogens is 448 g/mol. The van der Waals surface area contributed by atoms with Gasteiger partial charge in [0, 0.05) is 30.4 Å². The molecule has 176 valence electrons. The first-order valence-corrected chi connectivity index (χ1v) is 10.9. The van der Waals surface area contributed by atoms with Gasteiger partial charge in [0.15, 0.2) is 11.3 Å². The van der Waals surface area contributed by atoms with E-state index in [-0.39, 0.29) is 11.9 Å². The van der Waals surface area contributed by atoms with E-state index in [1.54, 1.807) is 42.5 Å². The van der Waals surface area contributed by atoms with Crippen molar-refractivity contribution >= 4 is 34.6 Å². The Labute approximate surface area is 197 Å². The van der Waals surface area contributed by atoms with Gasteiger partial charge in [-0.1, -0.05) is 11.6 Å². The number of methoxy groups -OCH3 is 2. The van der Waals surface area contributed by atoms with Crippen LogP contribution in [0.3, 0.4) is 0 Å². The Hall–Kier alpha value is -2.88. The minimum absolute atomic E-state index is 0.144. The molecule has 1 fully saturated rings. The van der Waals surface area contributed by atoms with Crippen molar-refractivity contribution < 1.29 is 23.4 Å². The molecule has 33 heavy (non-hydrogen) atoms. The first-order valence-electron chi connectivity index (χ1n) is 10.6. The number of ether oxygens (including phenoxy) is 3. The van der Waals surface area contributed by atoms with E-state index >= 15 is 0 Å². The number of hydrogen-bond donors (Lipinski definition) is 1.